The van der Waals surface area contributed by atoms with E-state index in [1.165, 1.54) is 28.0 Å². The average Bonchev–Trinajstić information content (AvgIpc) is 3.33. The number of para-hydroxylation sites is 1. The highest BCUT2D eigenvalue weighted by molar-refractivity contribution is 8.00. The summed E-state index contributed by atoms with van der Waals surface area (Å²) in [5.41, 5.74) is 3.75. The molecule has 0 fully saturated rings. The largest absolute Gasteiger partial charge is 0.462 e. The van der Waals surface area contributed by atoms with E-state index in [0.29, 0.717) is 23.7 Å². The van der Waals surface area contributed by atoms with Crippen molar-refractivity contribution in [3.8, 4) is 0 Å². The molecule has 0 saturated carbocycles. The minimum Gasteiger partial charge on any atom is -0.462 e. The number of nitrogens with one attached hydrogen (secondary N) is 1. The summed E-state index contributed by atoms with van der Waals surface area (Å²) in [5.74, 6) is -0.468. The lowest BCUT2D eigenvalue weighted by Crippen LogP contribution is -2.23. The van der Waals surface area contributed by atoms with Gasteiger partial charge in [-0.1, -0.05) is 54.4 Å². The quantitative estimate of drug-likeness (QED) is 0.133. The molecule has 1 aliphatic rings. The van der Waals surface area contributed by atoms with Gasteiger partial charge in [-0.3, -0.25) is 4.79 Å². The molecule has 5 nitrogen and oxygen atoms in total. The number of benzene rings is 2. The summed E-state index contributed by atoms with van der Waals surface area (Å²) in [4.78, 5) is 28.5. The van der Waals surface area contributed by atoms with Gasteiger partial charge < -0.3 is 14.6 Å². The Bertz CT molecular complexity index is 1480. The van der Waals surface area contributed by atoms with Crippen LogP contribution in [0, 0.1) is 0 Å². The van der Waals surface area contributed by atoms with Gasteiger partial charge >= 0.3 is 5.97 Å². The Morgan fingerprint density at radius 1 is 1.11 bits per heavy atom. The van der Waals surface area contributed by atoms with Crippen molar-refractivity contribution in [1.82, 2.24) is 4.57 Å². The van der Waals surface area contributed by atoms with Crippen molar-refractivity contribution < 1.29 is 14.3 Å². The van der Waals surface area contributed by atoms with Crippen LogP contribution in [-0.4, -0.2) is 28.3 Å². The highest BCUT2D eigenvalue weighted by atomic mass is 35.5. The molecular formula is C30H31ClN2O3S2. The Hall–Kier alpha value is -2.74. The van der Waals surface area contributed by atoms with E-state index in [1.54, 1.807) is 0 Å². The van der Waals surface area contributed by atoms with E-state index in [0.717, 1.165) is 64.1 Å². The van der Waals surface area contributed by atoms with Gasteiger partial charge in [0.25, 0.3) is 0 Å². The van der Waals surface area contributed by atoms with E-state index < -0.39 is 0 Å². The summed E-state index contributed by atoms with van der Waals surface area (Å²) < 4.78 is 7.56. The number of nitrogens with zero attached hydrogens (tertiary/aromatic N) is 1. The number of thiophene rings is 1. The third-order valence-corrected chi connectivity index (χ3v) is 9.58. The van der Waals surface area contributed by atoms with Crippen molar-refractivity contribution >= 4 is 62.5 Å². The number of halogens is 1. The maximum atomic E-state index is 13.4. The van der Waals surface area contributed by atoms with Gasteiger partial charge in [0, 0.05) is 38.4 Å². The van der Waals surface area contributed by atoms with Crippen LogP contribution in [0.1, 0.15) is 59.5 Å². The van der Waals surface area contributed by atoms with E-state index in [9.17, 15) is 9.59 Å². The van der Waals surface area contributed by atoms with Crippen LogP contribution < -0.4 is 5.32 Å². The SMILES string of the molecule is CCOC(=O)c1c(NC(=O)C(C)Sc2cn(Cc3ccccc3Cl)c3ccccc23)sc2c1CCCCC2. The van der Waals surface area contributed by atoms with Crippen LogP contribution >= 0.6 is 34.7 Å². The molecule has 0 radical (unpaired) electrons. The Kier molecular flexibility index (Phi) is 8.46. The van der Waals surface area contributed by atoms with Crippen LogP contribution in [-0.2, 0) is 28.9 Å². The summed E-state index contributed by atoms with van der Waals surface area (Å²) >= 11 is 9.49. The second-order valence-corrected chi connectivity index (χ2v) is 12.4. The molecule has 2 aromatic carbocycles. The average molecular weight is 567 g/mol. The van der Waals surface area contributed by atoms with Gasteiger partial charge in [-0.25, -0.2) is 4.79 Å². The Labute approximate surface area is 236 Å². The molecule has 2 aromatic heterocycles. The number of hydrogen-bond acceptors (Lipinski definition) is 5. The molecule has 0 bridgehead atoms. The summed E-state index contributed by atoms with van der Waals surface area (Å²) in [5, 5.41) is 5.17. The maximum Gasteiger partial charge on any atom is 0.341 e. The Morgan fingerprint density at radius 3 is 2.68 bits per heavy atom. The van der Waals surface area contributed by atoms with Crippen LogP contribution in [0.3, 0.4) is 0 Å². The fourth-order valence-electron chi connectivity index (χ4n) is 4.96. The maximum absolute atomic E-state index is 13.4. The molecule has 5 rings (SSSR count). The zero-order valence-corrected chi connectivity index (χ0v) is 24.0. The smallest absolute Gasteiger partial charge is 0.341 e. The first-order chi connectivity index (χ1) is 18.5. The van der Waals surface area contributed by atoms with Crippen molar-refractivity contribution in [2.45, 2.75) is 62.6 Å². The summed E-state index contributed by atoms with van der Waals surface area (Å²) in [6.45, 7) is 4.66. The van der Waals surface area contributed by atoms with Gasteiger partial charge in [0.15, 0.2) is 0 Å². The minimum atomic E-state index is -0.369. The molecule has 38 heavy (non-hydrogen) atoms. The number of esters is 1. The van der Waals surface area contributed by atoms with Crippen LogP contribution in [0.15, 0.2) is 59.6 Å². The lowest BCUT2D eigenvalue weighted by Gasteiger charge is -2.12. The van der Waals surface area contributed by atoms with Crippen LogP contribution in [0.25, 0.3) is 10.9 Å². The van der Waals surface area contributed by atoms with Crippen molar-refractivity contribution in [2.24, 2.45) is 0 Å². The van der Waals surface area contributed by atoms with Gasteiger partial charge in [-0.15, -0.1) is 23.1 Å². The number of carbonyl (C=O) groups excluding carboxylic acids is 2. The molecule has 2 heterocycles. The first kappa shape index (κ1) is 26.9. The number of aryl methyl sites for hydroxylation is 1. The third-order valence-electron chi connectivity index (χ3n) is 6.86. The molecule has 0 aliphatic heterocycles. The topological polar surface area (TPSA) is 60.3 Å². The predicted octanol–water partition coefficient (Wildman–Crippen LogP) is 7.97. The lowest BCUT2D eigenvalue weighted by molar-refractivity contribution is -0.115. The van der Waals surface area contributed by atoms with E-state index in [2.05, 4.69) is 28.2 Å². The highest BCUT2D eigenvalue weighted by Gasteiger charge is 2.28. The van der Waals surface area contributed by atoms with Crippen LogP contribution in [0.5, 0.6) is 0 Å². The Morgan fingerprint density at radius 2 is 1.87 bits per heavy atom. The molecule has 0 saturated heterocycles. The minimum absolute atomic E-state index is 0.125. The number of aromatic nitrogens is 1. The fraction of sp³-hybridized carbons (Fsp3) is 0.333. The number of thioether (sulfide) groups is 1. The third kappa shape index (κ3) is 5.65. The Balaban J connectivity index is 1.38. The summed E-state index contributed by atoms with van der Waals surface area (Å²) in [7, 11) is 0. The van der Waals surface area contributed by atoms with E-state index in [1.807, 2.05) is 50.2 Å². The molecular weight excluding hydrogens is 536 g/mol. The van der Waals surface area contributed by atoms with Crippen molar-refractivity contribution in [3.63, 3.8) is 0 Å². The molecule has 198 valence electrons. The first-order valence-electron chi connectivity index (χ1n) is 13.1. The number of rotatable bonds is 8. The molecule has 4 aromatic rings. The molecule has 1 aliphatic carbocycles. The van der Waals surface area contributed by atoms with Crippen molar-refractivity contribution in [3.05, 3.63) is 81.3 Å². The molecule has 8 heteroatoms. The monoisotopic (exact) mass is 566 g/mol. The van der Waals surface area contributed by atoms with Crippen LogP contribution in [0.2, 0.25) is 5.02 Å². The van der Waals surface area contributed by atoms with E-state index in [-0.39, 0.29) is 17.1 Å². The molecule has 1 N–H and O–H groups in total. The number of amides is 1. The van der Waals surface area contributed by atoms with Crippen LogP contribution in [0.4, 0.5) is 5.00 Å². The zero-order valence-electron chi connectivity index (χ0n) is 21.6. The standard InChI is InChI=1S/C30H31ClN2O3S2/c1-3-36-30(35)27-22-13-5-4-6-16-25(22)38-29(27)32-28(34)19(2)37-26-18-33(24-15-10-8-12-21(24)26)17-20-11-7-9-14-23(20)31/h7-12,14-15,18-19H,3-6,13,16-17H2,1-2H3,(H,32,34). The van der Waals surface area contributed by atoms with Gasteiger partial charge in [0.2, 0.25) is 5.91 Å². The number of hydrogen-bond donors (Lipinski definition) is 1. The van der Waals surface area contributed by atoms with E-state index in [4.69, 9.17) is 16.3 Å². The van der Waals surface area contributed by atoms with Crippen molar-refractivity contribution in [2.75, 3.05) is 11.9 Å². The number of carbonyl (C=O) groups is 2. The van der Waals surface area contributed by atoms with Gasteiger partial charge in [-0.05, 0) is 62.8 Å². The number of anilines is 1. The van der Waals surface area contributed by atoms with Crippen molar-refractivity contribution in [1.29, 1.82) is 0 Å². The number of ether oxygens (including phenoxy) is 1. The predicted molar refractivity (Wildman–Crippen MR) is 158 cm³/mol. The molecule has 1 amide bonds. The van der Waals surface area contributed by atoms with Gasteiger partial charge in [-0.2, -0.15) is 0 Å². The molecule has 0 spiro atoms. The lowest BCUT2D eigenvalue weighted by atomic mass is 10.1. The molecule has 1 unspecified atom stereocenters. The second kappa shape index (κ2) is 12.0. The summed E-state index contributed by atoms with van der Waals surface area (Å²) in [6.07, 6.45) is 7.20. The molecule has 1 atom stereocenters. The van der Waals surface area contributed by atoms with Gasteiger partial charge in [0.1, 0.15) is 5.00 Å². The fourth-order valence-corrected chi connectivity index (χ4v) is 7.47. The normalized spacial score (nSPS) is 14.1. The first-order valence-corrected chi connectivity index (χ1v) is 15.1. The highest BCUT2D eigenvalue weighted by Crippen LogP contribution is 2.39. The summed E-state index contributed by atoms with van der Waals surface area (Å²) in [6, 6.07) is 16.1. The number of fused-ring (bicyclic) bond motifs is 2. The second-order valence-electron chi connectivity index (χ2n) is 9.47. The zero-order chi connectivity index (χ0) is 26.6. The van der Waals surface area contributed by atoms with E-state index >= 15 is 0 Å². The van der Waals surface area contributed by atoms with Gasteiger partial charge in [0.05, 0.1) is 17.4 Å².